The zero-order valence-electron chi connectivity index (χ0n) is 13.8. The lowest BCUT2D eigenvalue weighted by Gasteiger charge is -2.09. The molecule has 0 atom stereocenters. The van der Waals surface area contributed by atoms with Gasteiger partial charge in [-0.1, -0.05) is 23.7 Å². The summed E-state index contributed by atoms with van der Waals surface area (Å²) in [6.45, 7) is 1.82. The van der Waals surface area contributed by atoms with E-state index in [2.05, 4.69) is 15.4 Å². The van der Waals surface area contributed by atoms with Crippen molar-refractivity contribution >= 4 is 40.8 Å². The number of benzene rings is 2. The van der Waals surface area contributed by atoms with Crippen molar-refractivity contribution in [3.63, 3.8) is 0 Å². The predicted molar refractivity (Wildman–Crippen MR) is 95.8 cm³/mol. The third-order valence-corrected chi connectivity index (χ3v) is 3.60. The number of esters is 1. The van der Waals surface area contributed by atoms with Crippen molar-refractivity contribution in [2.45, 2.75) is 13.3 Å². The molecular formula is C18H17ClN2O4. The van der Waals surface area contributed by atoms with E-state index in [0.717, 1.165) is 5.56 Å². The fourth-order valence-corrected chi connectivity index (χ4v) is 2.29. The van der Waals surface area contributed by atoms with Gasteiger partial charge in [0.1, 0.15) is 6.42 Å². The summed E-state index contributed by atoms with van der Waals surface area (Å²) in [6, 6.07) is 11.4. The lowest BCUT2D eigenvalue weighted by atomic mass is 10.2. The number of nitrogens with one attached hydrogen (secondary N) is 2. The van der Waals surface area contributed by atoms with Crippen LogP contribution in [-0.4, -0.2) is 24.9 Å². The standard InChI is InChI=1S/C18H17ClN2O4/c1-11-6-7-13(19)9-15(11)21-17(23)10-16(22)20-14-5-3-4-12(8-14)18(24)25-2/h3-9H,10H2,1-2H3,(H,20,22)(H,21,23). The quantitative estimate of drug-likeness (QED) is 0.632. The van der Waals surface area contributed by atoms with Crippen LogP contribution in [0, 0.1) is 6.92 Å². The smallest absolute Gasteiger partial charge is 0.337 e. The molecular weight excluding hydrogens is 344 g/mol. The highest BCUT2D eigenvalue weighted by Crippen LogP contribution is 2.20. The van der Waals surface area contributed by atoms with Crippen molar-refractivity contribution in [3.05, 3.63) is 58.6 Å². The number of hydrogen-bond donors (Lipinski definition) is 2. The Morgan fingerprint density at radius 3 is 2.48 bits per heavy atom. The minimum Gasteiger partial charge on any atom is -0.465 e. The summed E-state index contributed by atoms with van der Waals surface area (Å²) in [5.41, 5.74) is 2.10. The number of methoxy groups -OCH3 is 1. The molecule has 0 heterocycles. The number of halogens is 1. The van der Waals surface area contributed by atoms with Gasteiger partial charge in [-0.2, -0.15) is 0 Å². The molecule has 2 aromatic carbocycles. The van der Waals surface area contributed by atoms with E-state index in [9.17, 15) is 14.4 Å². The molecule has 0 aromatic heterocycles. The summed E-state index contributed by atoms with van der Waals surface area (Å²) in [5.74, 6) is -1.48. The summed E-state index contributed by atoms with van der Waals surface area (Å²) in [6.07, 6.45) is -0.367. The van der Waals surface area contributed by atoms with Crippen molar-refractivity contribution in [2.24, 2.45) is 0 Å². The van der Waals surface area contributed by atoms with E-state index in [4.69, 9.17) is 11.6 Å². The maximum Gasteiger partial charge on any atom is 0.337 e. The molecule has 0 aliphatic carbocycles. The molecule has 2 amide bonds. The first kappa shape index (κ1) is 18.5. The first-order chi connectivity index (χ1) is 11.9. The zero-order chi connectivity index (χ0) is 18.4. The van der Waals surface area contributed by atoms with Gasteiger partial charge < -0.3 is 15.4 Å². The molecule has 0 saturated carbocycles. The van der Waals surface area contributed by atoms with Gasteiger partial charge in [-0.15, -0.1) is 0 Å². The fraction of sp³-hybridized carbons (Fsp3) is 0.167. The van der Waals surface area contributed by atoms with Gasteiger partial charge in [0.2, 0.25) is 11.8 Å². The highest BCUT2D eigenvalue weighted by Gasteiger charge is 2.12. The Balaban J connectivity index is 1.97. The van der Waals surface area contributed by atoms with Crippen molar-refractivity contribution in [1.82, 2.24) is 0 Å². The molecule has 0 radical (unpaired) electrons. The Morgan fingerprint density at radius 2 is 1.76 bits per heavy atom. The van der Waals surface area contributed by atoms with Gasteiger partial charge >= 0.3 is 5.97 Å². The number of anilines is 2. The van der Waals surface area contributed by atoms with Crippen molar-refractivity contribution in [2.75, 3.05) is 17.7 Å². The second-order valence-electron chi connectivity index (χ2n) is 5.30. The highest BCUT2D eigenvalue weighted by molar-refractivity contribution is 6.31. The van der Waals surface area contributed by atoms with E-state index in [-0.39, 0.29) is 6.42 Å². The van der Waals surface area contributed by atoms with Crippen LogP contribution in [0.4, 0.5) is 11.4 Å². The molecule has 2 rings (SSSR count). The van der Waals surface area contributed by atoms with E-state index in [1.165, 1.54) is 13.2 Å². The van der Waals surface area contributed by atoms with Crippen molar-refractivity contribution in [1.29, 1.82) is 0 Å². The van der Waals surface area contributed by atoms with Crippen molar-refractivity contribution in [3.8, 4) is 0 Å². The van der Waals surface area contributed by atoms with Gasteiger partial charge in [0.05, 0.1) is 12.7 Å². The van der Waals surface area contributed by atoms with Crippen LogP contribution in [0.1, 0.15) is 22.3 Å². The van der Waals surface area contributed by atoms with Gasteiger partial charge in [0.25, 0.3) is 0 Å². The number of ether oxygens (including phenoxy) is 1. The average Bonchev–Trinajstić information content (AvgIpc) is 2.57. The van der Waals surface area contributed by atoms with Crippen LogP contribution in [0.5, 0.6) is 0 Å². The van der Waals surface area contributed by atoms with E-state index in [1.807, 2.05) is 6.92 Å². The maximum absolute atomic E-state index is 12.0. The molecule has 6 nitrogen and oxygen atoms in total. The molecule has 0 saturated heterocycles. The molecule has 0 spiro atoms. The van der Waals surface area contributed by atoms with Gasteiger partial charge in [-0.05, 0) is 42.8 Å². The Bertz CT molecular complexity index is 820. The number of hydrogen-bond acceptors (Lipinski definition) is 4. The van der Waals surface area contributed by atoms with Crippen molar-refractivity contribution < 1.29 is 19.1 Å². The topological polar surface area (TPSA) is 84.5 Å². The molecule has 2 aromatic rings. The summed E-state index contributed by atoms with van der Waals surface area (Å²) >= 11 is 5.90. The molecule has 25 heavy (non-hydrogen) atoms. The maximum atomic E-state index is 12.0. The van der Waals surface area contributed by atoms with Crippen LogP contribution in [-0.2, 0) is 14.3 Å². The third-order valence-electron chi connectivity index (χ3n) is 3.36. The molecule has 0 aliphatic rings. The molecule has 0 unspecified atom stereocenters. The molecule has 2 N–H and O–H groups in total. The van der Waals surface area contributed by atoms with Gasteiger partial charge in [0.15, 0.2) is 0 Å². The predicted octanol–water partition coefficient (Wildman–Crippen LogP) is 3.40. The second-order valence-corrected chi connectivity index (χ2v) is 5.74. The number of carbonyl (C=O) groups excluding carboxylic acids is 3. The van der Waals surface area contributed by atoms with Crippen LogP contribution >= 0.6 is 11.6 Å². The highest BCUT2D eigenvalue weighted by atomic mass is 35.5. The molecule has 0 bridgehead atoms. The zero-order valence-corrected chi connectivity index (χ0v) is 14.5. The second kappa shape index (κ2) is 8.30. The SMILES string of the molecule is COC(=O)c1cccc(NC(=O)CC(=O)Nc2cc(Cl)ccc2C)c1. The molecule has 0 aliphatic heterocycles. The van der Waals surface area contributed by atoms with Crippen LogP contribution in [0.3, 0.4) is 0 Å². The minimum absolute atomic E-state index is 0.305. The van der Waals surface area contributed by atoms with E-state index in [0.29, 0.717) is 22.0 Å². The fourth-order valence-electron chi connectivity index (χ4n) is 2.12. The minimum atomic E-state index is -0.509. The lowest BCUT2D eigenvalue weighted by Crippen LogP contribution is -2.22. The van der Waals surface area contributed by atoms with Crippen LogP contribution in [0.15, 0.2) is 42.5 Å². The molecule has 7 heteroatoms. The van der Waals surface area contributed by atoms with Crippen LogP contribution in [0.25, 0.3) is 0 Å². The normalized spacial score (nSPS) is 10.0. The van der Waals surface area contributed by atoms with Crippen LogP contribution in [0.2, 0.25) is 5.02 Å². The Labute approximate surface area is 150 Å². The number of aryl methyl sites for hydroxylation is 1. The van der Waals surface area contributed by atoms with Gasteiger partial charge in [-0.25, -0.2) is 4.79 Å². The summed E-state index contributed by atoms with van der Waals surface area (Å²) in [4.78, 5) is 35.5. The first-order valence-corrected chi connectivity index (χ1v) is 7.81. The largest absolute Gasteiger partial charge is 0.465 e. The Hall–Kier alpha value is -2.86. The Kier molecular flexibility index (Phi) is 6.14. The van der Waals surface area contributed by atoms with E-state index in [1.54, 1.807) is 36.4 Å². The number of carbonyl (C=O) groups is 3. The number of amides is 2. The molecule has 130 valence electrons. The van der Waals surface area contributed by atoms with Crippen LogP contribution < -0.4 is 10.6 Å². The summed E-state index contributed by atoms with van der Waals surface area (Å²) in [5, 5.41) is 5.71. The van der Waals surface area contributed by atoms with E-state index < -0.39 is 17.8 Å². The summed E-state index contributed by atoms with van der Waals surface area (Å²) < 4.78 is 4.62. The van der Waals surface area contributed by atoms with Gasteiger partial charge in [0, 0.05) is 16.4 Å². The monoisotopic (exact) mass is 360 g/mol. The third kappa shape index (κ3) is 5.32. The lowest BCUT2D eigenvalue weighted by molar-refractivity contribution is -0.123. The first-order valence-electron chi connectivity index (χ1n) is 7.43. The number of rotatable bonds is 5. The average molecular weight is 361 g/mol. The molecule has 0 fully saturated rings. The van der Waals surface area contributed by atoms with E-state index >= 15 is 0 Å². The summed E-state index contributed by atoms with van der Waals surface area (Å²) in [7, 11) is 1.27. The Morgan fingerprint density at radius 1 is 1.04 bits per heavy atom. The van der Waals surface area contributed by atoms with Gasteiger partial charge in [-0.3, -0.25) is 9.59 Å².